The molecule has 2 N–H and O–H groups in total. The Morgan fingerprint density at radius 3 is 2.09 bits per heavy atom. The molecule has 6 heteroatoms. The SMILES string of the molecule is CCC(O)C(C)(S)S(=O)(=O)O. The van der Waals surface area contributed by atoms with Crippen molar-refractivity contribution < 1.29 is 18.1 Å². The second-order valence-corrected chi connectivity index (χ2v) is 5.48. The zero-order valence-electron chi connectivity index (χ0n) is 6.35. The van der Waals surface area contributed by atoms with E-state index in [-0.39, 0.29) is 6.42 Å². The summed E-state index contributed by atoms with van der Waals surface area (Å²) in [5, 5.41) is 9.11. The molecule has 0 aliphatic carbocycles. The molecule has 0 aromatic carbocycles. The number of aliphatic hydroxyl groups excluding tert-OH is 1. The molecule has 4 nitrogen and oxygen atoms in total. The monoisotopic (exact) mass is 200 g/mol. The maximum atomic E-state index is 10.6. The summed E-state index contributed by atoms with van der Waals surface area (Å²) in [7, 11) is -4.30. The van der Waals surface area contributed by atoms with Crippen molar-refractivity contribution in [3.63, 3.8) is 0 Å². The quantitative estimate of drug-likeness (QED) is 0.452. The summed E-state index contributed by atoms with van der Waals surface area (Å²) >= 11 is 3.65. The Hall–Kier alpha value is 0.220. The average Bonchev–Trinajstić information content (AvgIpc) is 1.83. The minimum Gasteiger partial charge on any atom is -0.391 e. The highest BCUT2D eigenvalue weighted by atomic mass is 32.3. The number of aliphatic hydroxyl groups is 1. The Balaban J connectivity index is 4.74. The van der Waals surface area contributed by atoms with Gasteiger partial charge in [-0.15, -0.1) is 0 Å². The first-order chi connectivity index (χ1) is 4.73. The molecule has 0 aliphatic rings. The zero-order chi connectivity index (χ0) is 9.28. The van der Waals surface area contributed by atoms with Crippen LogP contribution in [0.1, 0.15) is 20.3 Å². The van der Waals surface area contributed by atoms with E-state index in [0.717, 1.165) is 6.92 Å². The smallest absolute Gasteiger partial charge is 0.282 e. The summed E-state index contributed by atoms with van der Waals surface area (Å²) in [6.45, 7) is 2.75. The molecule has 0 amide bonds. The van der Waals surface area contributed by atoms with Crippen LogP contribution in [-0.2, 0) is 10.1 Å². The van der Waals surface area contributed by atoms with E-state index in [2.05, 4.69) is 12.6 Å². The Labute approximate surface area is 71.8 Å². The maximum absolute atomic E-state index is 10.6. The fourth-order valence-electron chi connectivity index (χ4n) is 0.551. The summed E-state index contributed by atoms with van der Waals surface area (Å²) in [5.74, 6) is 0. The van der Waals surface area contributed by atoms with E-state index in [0.29, 0.717) is 0 Å². The second kappa shape index (κ2) is 3.30. The number of rotatable bonds is 3. The highest BCUT2D eigenvalue weighted by Crippen LogP contribution is 2.26. The van der Waals surface area contributed by atoms with Crippen LogP contribution in [0.5, 0.6) is 0 Å². The van der Waals surface area contributed by atoms with Crippen LogP contribution in [-0.4, -0.2) is 28.3 Å². The first-order valence-corrected chi connectivity index (χ1v) is 4.99. The van der Waals surface area contributed by atoms with Crippen molar-refractivity contribution in [3.05, 3.63) is 0 Å². The predicted molar refractivity (Wildman–Crippen MR) is 45.2 cm³/mol. The van der Waals surface area contributed by atoms with Crippen LogP contribution in [0, 0.1) is 0 Å². The molecule has 0 aromatic rings. The van der Waals surface area contributed by atoms with E-state index in [1.54, 1.807) is 6.92 Å². The van der Waals surface area contributed by atoms with Gasteiger partial charge in [-0.05, 0) is 13.3 Å². The van der Waals surface area contributed by atoms with Crippen molar-refractivity contribution in [2.24, 2.45) is 0 Å². The lowest BCUT2D eigenvalue weighted by atomic mass is 10.2. The molecule has 0 rings (SSSR count). The molecule has 68 valence electrons. The first kappa shape index (κ1) is 11.2. The van der Waals surface area contributed by atoms with Crippen molar-refractivity contribution in [2.75, 3.05) is 0 Å². The minimum atomic E-state index is -4.30. The number of thiol groups is 1. The van der Waals surface area contributed by atoms with E-state index in [1.165, 1.54) is 0 Å². The highest BCUT2D eigenvalue weighted by Gasteiger charge is 2.40. The summed E-state index contributed by atoms with van der Waals surface area (Å²) in [6, 6.07) is 0. The second-order valence-electron chi connectivity index (χ2n) is 2.45. The van der Waals surface area contributed by atoms with Crippen molar-refractivity contribution in [1.82, 2.24) is 0 Å². The van der Waals surface area contributed by atoms with Gasteiger partial charge < -0.3 is 5.11 Å². The van der Waals surface area contributed by atoms with Gasteiger partial charge in [-0.25, -0.2) is 0 Å². The van der Waals surface area contributed by atoms with Gasteiger partial charge in [0.15, 0.2) is 4.08 Å². The van der Waals surface area contributed by atoms with Crippen molar-refractivity contribution in [3.8, 4) is 0 Å². The Morgan fingerprint density at radius 1 is 1.64 bits per heavy atom. The van der Waals surface area contributed by atoms with Gasteiger partial charge in [0.25, 0.3) is 10.1 Å². The van der Waals surface area contributed by atoms with E-state index in [1.807, 2.05) is 0 Å². The molecule has 0 aromatic heterocycles. The van der Waals surface area contributed by atoms with E-state index < -0.39 is 20.3 Å². The topological polar surface area (TPSA) is 74.6 Å². The molecular formula is C5H12O4S2. The molecule has 0 spiro atoms. The van der Waals surface area contributed by atoms with Crippen LogP contribution in [0.25, 0.3) is 0 Å². The third-order valence-corrected chi connectivity index (χ3v) is 3.83. The van der Waals surface area contributed by atoms with Gasteiger partial charge in [0, 0.05) is 0 Å². The Kier molecular flexibility index (Phi) is 3.37. The molecule has 0 bridgehead atoms. The molecule has 11 heavy (non-hydrogen) atoms. The fourth-order valence-corrected chi connectivity index (χ4v) is 1.24. The van der Waals surface area contributed by atoms with E-state index in [9.17, 15) is 8.42 Å². The maximum Gasteiger partial charge on any atom is 0.282 e. The minimum absolute atomic E-state index is 0.222. The van der Waals surface area contributed by atoms with Crippen LogP contribution in [0.4, 0.5) is 0 Å². The number of hydrogen-bond donors (Lipinski definition) is 3. The zero-order valence-corrected chi connectivity index (χ0v) is 8.06. The van der Waals surface area contributed by atoms with Gasteiger partial charge in [0.1, 0.15) is 0 Å². The molecule has 0 heterocycles. The van der Waals surface area contributed by atoms with Crippen LogP contribution >= 0.6 is 12.6 Å². The molecule has 0 saturated carbocycles. The Bertz CT molecular complexity index is 219. The van der Waals surface area contributed by atoms with Crippen LogP contribution < -0.4 is 0 Å². The standard InChI is InChI=1S/C5H12O4S2/c1-3-4(6)5(2,10)11(7,8)9/h4,6,10H,3H2,1-2H3,(H,7,8,9). The predicted octanol–water partition coefficient (Wildman–Crippen LogP) is 0.291. The van der Waals surface area contributed by atoms with Gasteiger partial charge in [-0.3, -0.25) is 4.55 Å². The average molecular weight is 200 g/mol. The molecule has 2 atom stereocenters. The Morgan fingerprint density at radius 2 is 2.00 bits per heavy atom. The summed E-state index contributed by atoms with van der Waals surface area (Å²) in [5.41, 5.74) is 0. The lowest BCUT2D eigenvalue weighted by Gasteiger charge is -2.24. The highest BCUT2D eigenvalue weighted by molar-refractivity contribution is 8.03. The molecule has 0 saturated heterocycles. The number of hydrogen-bond acceptors (Lipinski definition) is 4. The third kappa shape index (κ3) is 2.33. The van der Waals surface area contributed by atoms with Crippen LogP contribution in [0.2, 0.25) is 0 Å². The van der Waals surface area contributed by atoms with E-state index >= 15 is 0 Å². The summed E-state index contributed by atoms with van der Waals surface area (Å²) in [4.78, 5) is 0. The summed E-state index contributed by atoms with van der Waals surface area (Å²) < 4.78 is 28.0. The van der Waals surface area contributed by atoms with Gasteiger partial charge in [-0.1, -0.05) is 6.92 Å². The van der Waals surface area contributed by atoms with Crippen molar-refractivity contribution >= 4 is 22.7 Å². The molecule has 0 aliphatic heterocycles. The third-order valence-electron chi connectivity index (χ3n) is 1.53. The van der Waals surface area contributed by atoms with Crippen LogP contribution in [0.3, 0.4) is 0 Å². The van der Waals surface area contributed by atoms with Gasteiger partial charge in [0.05, 0.1) is 6.10 Å². The summed E-state index contributed by atoms with van der Waals surface area (Å²) in [6.07, 6.45) is -0.944. The first-order valence-electron chi connectivity index (χ1n) is 3.11. The van der Waals surface area contributed by atoms with Crippen molar-refractivity contribution in [2.45, 2.75) is 30.5 Å². The lowest BCUT2D eigenvalue weighted by Crippen LogP contribution is -2.40. The van der Waals surface area contributed by atoms with Gasteiger partial charge in [-0.2, -0.15) is 21.0 Å². The lowest BCUT2D eigenvalue weighted by molar-refractivity contribution is 0.155. The van der Waals surface area contributed by atoms with Gasteiger partial charge in [0.2, 0.25) is 0 Å². The largest absolute Gasteiger partial charge is 0.391 e. The van der Waals surface area contributed by atoms with Crippen molar-refractivity contribution in [1.29, 1.82) is 0 Å². The van der Waals surface area contributed by atoms with Gasteiger partial charge >= 0.3 is 0 Å². The fraction of sp³-hybridized carbons (Fsp3) is 1.00. The van der Waals surface area contributed by atoms with Crippen LogP contribution in [0.15, 0.2) is 0 Å². The van der Waals surface area contributed by atoms with E-state index in [4.69, 9.17) is 9.66 Å². The normalized spacial score (nSPS) is 20.8. The molecule has 0 fully saturated rings. The molecule has 0 radical (unpaired) electrons. The molecule has 2 unspecified atom stereocenters. The molecular weight excluding hydrogens is 188 g/mol.